The summed E-state index contributed by atoms with van der Waals surface area (Å²) >= 11 is 1.49. The molecular formula is C17H18N2O3S. The van der Waals surface area contributed by atoms with E-state index in [2.05, 4.69) is 4.99 Å². The highest BCUT2D eigenvalue weighted by atomic mass is 32.2. The van der Waals surface area contributed by atoms with Crippen molar-refractivity contribution < 1.29 is 14.6 Å². The van der Waals surface area contributed by atoms with Crippen molar-refractivity contribution in [2.75, 3.05) is 0 Å². The van der Waals surface area contributed by atoms with Crippen LogP contribution in [0, 0.1) is 0 Å². The van der Waals surface area contributed by atoms with Crippen LogP contribution in [0.4, 0.5) is 0 Å². The third-order valence-corrected chi connectivity index (χ3v) is 4.40. The first-order valence-electron chi connectivity index (χ1n) is 7.39. The molecule has 0 radical (unpaired) electrons. The zero-order valence-electron chi connectivity index (χ0n) is 13.2. The fourth-order valence-corrected chi connectivity index (χ4v) is 3.54. The minimum absolute atomic E-state index is 0.00901. The van der Waals surface area contributed by atoms with E-state index in [-0.39, 0.29) is 11.7 Å². The van der Waals surface area contributed by atoms with Gasteiger partial charge in [-0.2, -0.15) is 0 Å². The number of aliphatic carboxylic acids is 1. The number of benzene rings is 1. The topological polar surface area (TPSA) is 62.1 Å². The lowest BCUT2D eigenvalue weighted by molar-refractivity contribution is -0.133. The van der Waals surface area contributed by atoms with Crippen molar-refractivity contribution in [3.63, 3.8) is 0 Å². The van der Waals surface area contributed by atoms with Gasteiger partial charge in [0.1, 0.15) is 5.75 Å². The maximum atomic E-state index is 11.8. The number of hydrogen-bond donors (Lipinski definition) is 1. The number of amidine groups is 1. The van der Waals surface area contributed by atoms with Gasteiger partial charge in [-0.15, -0.1) is 0 Å². The van der Waals surface area contributed by atoms with Crippen LogP contribution in [0.2, 0.25) is 0 Å². The van der Waals surface area contributed by atoms with E-state index in [4.69, 9.17) is 4.74 Å². The highest BCUT2D eigenvalue weighted by molar-refractivity contribution is 8.16. The van der Waals surface area contributed by atoms with E-state index >= 15 is 0 Å². The molecule has 2 aliphatic rings. The van der Waals surface area contributed by atoms with Gasteiger partial charge in [0.2, 0.25) is 0 Å². The Hall–Kier alpha value is -2.21. The molecule has 5 nitrogen and oxygen atoms in total. The molecule has 0 aromatic heterocycles. The molecule has 23 heavy (non-hydrogen) atoms. The molecule has 3 rings (SSSR count). The molecule has 0 amide bonds. The molecule has 1 unspecified atom stereocenters. The monoisotopic (exact) mass is 330 g/mol. The predicted molar refractivity (Wildman–Crippen MR) is 91.3 cm³/mol. The van der Waals surface area contributed by atoms with Gasteiger partial charge in [-0.25, -0.2) is 9.79 Å². The molecule has 2 aliphatic heterocycles. The minimum Gasteiger partial charge on any atom is -0.491 e. The number of hydrogen-bond acceptors (Lipinski definition) is 5. The largest absolute Gasteiger partial charge is 0.491 e. The third-order valence-electron chi connectivity index (χ3n) is 3.63. The second-order valence-electron chi connectivity index (χ2n) is 5.62. The summed E-state index contributed by atoms with van der Waals surface area (Å²) < 4.78 is 5.90. The van der Waals surface area contributed by atoms with Gasteiger partial charge in [-0.1, -0.05) is 30.0 Å². The van der Waals surface area contributed by atoms with Gasteiger partial charge in [0.15, 0.2) is 5.17 Å². The molecule has 0 bridgehead atoms. The molecule has 0 aliphatic carbocycles. The van der Waals surface area contributed by atoms with E-state index in [1.165, 1.54) is 11.8 Å². The zero-order chi connectivity index (χ0) is 16.6. The highest BCUT2D eigenvalue weighted by Crippen LogP contribution is 2.43. The Kier molecular flexibility index (Phi) is 4.17. The van der Waals surface area contributed by atoms with Crippen molar-refractivity contribution in [3.05, 3.63) is 52.7 Å². The Balaban J connectivity index is 2.15. The molecule has 2 heterocycles. The number of fused-ring (bicyclic) bond motifs is 1. The first kappa shape index (κ1) is 15.7. The maximum Gasteiger partial charge on any atom is 0.335 e. The maximum absolute atomic E-state index is 11.8. The molecular weight excluding hydrogens is 312 g/mol. The number of carboxylic acid groups (broad SMARTS) is 1. The van der Waals surface area contributed by atoms with Crippen molar-refractivity contribution in [1.29, 1.82) is 0 Å². The Bertz CT molecular complexity index is 737. The van der Waals surface area contributed by atoms with Crippen molar-refractivity contribution in [2.24, 2.45) is 4.99 Å². The summed E-state index contributed by atoms with van der Waals surface area (Å²) in [5.41, 5.74) is 1.64. The Morgan fingerprint density at radius 3 is 2.83 bits per heavy atom. The summed E-state index contributed by atoms with van der Waals surface area (Å²) in [5, 5.41) is 12.4. The quantitative estimate of drug-likeness (QED) is 0.910. The van der Waals surface area contributed by atoms with Gasteiger partial charge in [0.25, 0.3) is 0 Å². The summed E-state index contributed by atoms with van der Waals surface area (Å²) in [4.78, 5) is 18.2. The van der Waals surface area contributed by atoms with Crippen LogP contribution in [0.25, 0.3) is 0 Å². The average Bonchev–Trinajstić information content (AvgIpc) is 2.93. The number of nitrogens with zero attached hydrogens (tertiary/aromatic N) is 2. The number of aliphatic imine (C=N–C) groups is 1. The van der Waals surface area contributed by atoms with Crippen LogP contribution in [0.1, 0.15) is 32.4 Å². The fraction of sp³-hybridized carbons (Fsp3) is 0.294. The van der Waals surface area contributed by atoms with Crippen LogP contribution in [-0.2, 0) is 4.79 Å². The standard InChI is InChI=1S/C17H18N2O3S/c1-10(2)22-13-7-5-4-6-12(13)15-14(16(20)21)11(3)18-17-19(15)8-9-23-17/h4-10,15H,1-3H3,(H,20,21). The number of thioether (sulfide) groups is 1. The van der Waals surface area contributed by atoms with Gasteiger partial charge >= 0.3 is 5.97 Å². The molecule has 0 saturated heterocycles. The Labute approximate surface area is 139 Å². The molecule has 6 heteroatoms. The van der Waals surface area contributed by atoms with Gasteiger partial charge in [0, 0.05) is 11.8 Å². The van der Waals surface area contributed by atoms with Gasteiger partial charge in [0.05, 0.1) is 23.4 Å². The lowest BCUT2D eigenvalue weighted by Gasteiger charge is -2.33. The smallest absolute Gasteiger partial charge is 0.335 e. The molecule has 1 atom stereocenters. The average molecular weight is 330 g/mol. The van der Waals surface area contributed by atoms with Crippen LogP contribution < -0.4 is 4.74 Å². The Morgan fingerprint density at radius 2 is 2.13 bits per heavy atom. The lowest BCUT2D eigenvalue weighted by atomic mass is 9.94. The van der Waals surface area contributed by atoms with E-state index in [0.29, 0.717) is 11.4 Å². The van der Waals surface area contributed by atoms with Crippen molar-refractivity contribution in [3.8, 4) is 5.75 Å². The lowest BCUT2D eigenvalue weighted by Crippen LogP contribution is -2.33. The number of carbonyl (C=O) groups is 1. The van der Waals surface area contributed by atoms with Crippen LogP contribution >= 0.6 is 11.8 Å². The SMILES string of the molecule is CC1=C(C(=O)O)C(c2ccccc2OC(C)C)N2C=CSC2=N1. The van der Waals surface area contributed by atoms with Gasteiger partial charge in [-0.3, -0.25) is 0 Å². The number of rotatable bonds is 4. The van der Waals surface area contributed by atoms with E-state index in [9.17, 15) is 9.90 Å². The van der Waals surface area contributed by atoms with Crippen LogP contribution in [0.5, 0.6) is 5.75 Å². The third kappa shape index (κ3) is 2.86. The molecule has 0 fully saturated rings. The van der Waals surface area contributed by atoms with Gasteiger partial charge in [-0.05, 0) is 32.2 Å². The molecule has 120 valence electrons. The van der Waals surface area contributed by atoms with Crippen LogP contribution in [0.15, 0.2) is 52.1 Å². The number of ether oxygens (including phenoxy) is 1. The molecule has 1 aromatic rings. The second kappa shape index (κ2) is 6.12. The van der Waals surface area contributed by atoms with Crippen molar-refractivity contribution >= 4 is 22.9 Å². The predicted octanol–water partition coefficient (Wildman–Crippen LogP) is 3.76. The molecule has 1 N–H and O–H groups in total. The molecule has 0 saturated carbocycles. The normalized spacial score (nSPS) is 19.9. The van der Waals surface area contributed by atoms with E-state index < -0.39 is 12.0 Å². The summed E-state index contributed by atoms with van der Waals surface area (Å²) in [6.45, 7) is 5.65. The number of para-hydroxylation sites is 1. The highest BCUT2D eigenvalue weighted by Gasteiger charge is 2.38. The molecule has 1 aromatic carbocycles. The van der Waals surface area contributed by atoms with E-state index in [1.54, 1.807) is 6.92 Å². The van der Waals surface area contributed by atoms with Crippen LogP contribution in [-0.4, -0.2) is 27.2 Å². The van der Waals surface area contributed by atoms with Crippen molar-refractivity contribution in [1.82, 2.24) is 4.90 Å². The summed E-state index contributed by atoms with van der Waals surface area (Å²) in [6.07, 6.45) is 1.88. The summed E-state index contributed by atoms with van der Waals surface area (Å²) in [6, 6.07) is 7.14. The first-order valence-corrected chi connectivity index (χ1v) is 8.27. The first-order chi connectivity index (χ1) is 11.0. The molecule has 0 spiro atoms. The minimum atomic E-state index is -0.958. The summed E-state index contributed by atoms with van der Waals surface area (Å²) in [5.74, 6) is -0.259. The van der Waals surface area contributed by atoms with E-state index in [0.717, 1.165) is 10.7 Å². The fourth-order valence-electron chi connectivity index (χ4n) is 2.75. The van der Waals surface area contributed by atoms with Crippen LogP contribution in [0.3, 0.4) is 0 Å². The zero-order valence-corrected chi connectivity index (χ0v) is 14.0. The Morgan fingerprint density at radius 1 is 1.39 bits per heavy atom. The summed E-state index contributed by atoms with van der Waals surface area (Å²) in [7, 11) is 0. The van der Waals surface area contributed by atoms with E-state index in [1.807, 2.05) is 54.6 Å². The van der Waals surface area contributed by atoms with Crippen molar-refractivity contribution in [2.45, 2.75) is 32.9 Å². The van der Waals surface area contributed by atoms with Gasteiger partial charge < -0.3 is 14.7 Å². The second-order valence-corrected chi connectivity index (χ2v) is 6.49. The number of carboxylic acids is 1. The number of allylic oxidation sites excluding steroid dienone is 1.